The molecule has 0 aliphatic rings. The molecule has 0 radical (unpaired) electrons. The Balaban J connectivity index is 2.08. The van der Waals surface area contributed by atoms with Gasteiger partial charge in [0.1, 0.15) is 0 Å². The largest absolute Gasteiger partial charge is 0.313 e. The molecule has 0 atom stereocenters. The van der Waals surface area contributed by atoms with Crippen LogP contribution < -0.4 is 4.80 Å². The Morgan fingerprint density at radius 1 is 1.30 bits per heavy atom. The van der Waals surface area contributed by atoms with E-state index in [2.05, 4.69) is 11.6 Å². The average Bonchev–Trinajstić information content (AvgIpc) is 3.05. The number of rotatable bonds is 6. The summed E-state index contributed by atoms with van der Waals surface area (Å²) in [5, 5.41) is 13.0. The van der Waals surface area contributed by atoms with E-state index in [1.54, 1.807) is 42.5 Å². The molecule has 0 aliphatic heterocycles. The minimum atomic E-state index is -0.407. The zero-order valence-corrected chi connectivity index (χ0v) is 15.5. The Labute approximate surface area is 159 Å². The fourth-order valence-corrected chi connectivity index (χ4v) is 3.55. The number of nitrogens with zero attached hydrogens (tertiary/aromatic N) is 3. The number of non-ortho nitro benzene ring substituents is 1. The summed E-state index contributed by atoms with van der Waals surface area (Å²) in [5.74, 6) is 0.00681. The van der Waals surface area contributed by atoms with Crippen LogP contribution in [0.3, 0.4) is 0 Å². The number of hydrogen-bond donors (Lipinski definition) is 0. The molecule has 3 aromatic rings. The molecule has 0 N–H and O–H groups in total. The lowest BCUT2D eigenvalue weighted by atomic mass is 10.1. The maximum absolute atomic E-state index is 11.4. The molecule has 0 unspecified atom stereocenters. The number of carbonyl (C=O) groups is 1. The number of carbonyl (C=O) groups excluding carboxylic acids is 1. The van der Waals surface area contributed by atoms with E-state index in [1.807, 2.05) is 16.0 Å². The molecule has 2 aromatic carbocycles. The molecule has 3 rings (SSSR count). The number of Topliss-reactive ketones (excluding diaryl/α,β-unsaturated/α-hetero) is 1. The molecule has 27 heavy (non-hydrogen) atoms. The molecule has 1 heterocycles. The summed E-state index contributed by atoms with van der Waals surface area (Å²) in [7, 11) is 0. The Morgan fingerprint density at radius 3 is 2.67 bits per heavy atom. The van der Waals surface area contributed by atoms with Gasteiger partial charge in [0.25, 0.3) is 5.69 Å². The van der Waals surface area contributed by atoms with Crippen molar-refractivity contribution in [1.82, 2.24) is 4.57 Å². The first-order valence-corrected chi connectivity index (χ1v) is 9.07. The van der Waals surface area contributed by atoms with Crippen LogP contribution in [0.2, 0.25) is 0 Å². The first kappa shape index (κ1) is 18.5. The SMILES string of the molecule is C=CCn1c(-c2cccc([N+](=O)[O-])c2)csc1=Nc1ccc(C(C)=O)cc1. The summed E-state index contributed by atoms with van der Waals surface area (Å²) in [6.45, 7) is 5.83. The predicted molar refractivity (Wildman–Crippen MR) is 106 cm³/mol. The maximum atomic E-state index is 11.4. The number of nitro groups is 1. The van der Waals surface area contributed by atoms with E-state index < -0.39 is 4.92 Å². The molecule has 6 nitrogen and oxygen atoms in total. The standard InChI is InChI=1S/C20H17N3O3S/c1-3-11-22-19(16-5-4-6-18(12-16)23(25)26)13-27-20(22)21-17-9-7-15(8-10-17)14(2)24/h3-10,12-13H,1,11H2,2H3. The van der Waals surface area contributed by atoms with Gasteiger partial charge in [0.2, 0.25) is 0 Å². The van der Waals surface area contributed by atoms with E-state index in [-0.39, 0.29) is 11.5 Å². The third kappa shape index (κ3) is 4.09. The van der Waals surface area contributed by atoms with Crippen molar-refractivity contribution in [1.29, 1.82) is 0 Å². The molecule has 7 heteroatoms. The van der Waals surface area contributed by atoms with Gasteiger partial charge in [0, 0.05) is 35.2 Å². The van der Waals surface area contributed by atoms with Gasteiger partial charge in [-0.15, -0.1) is 17.9 Å². The van der Waals surface area contributed by atoms with E-state index in [9.17, 15) is 14.9 Å². The lowest BCUT2D eigenvalue weighted by molar-refractivity contribution is -0.384. The summed E-state index contributed by atoms with van der Waals surface area (Å²) < 4.78 is 1.95. The quantitative estimate of drug-likeness (QED) is 0.268. The fourth-order valence-electron chi connectivity index (χ4n) is 2.61. The monoisotopic (exact) mass is 379 g/mol. The van der Waals surface area contributed by atoms with Crippen molar-refractivity contribution in [2.24, 2.45) is 4.99 Å². The summed E-state index contributed by atoms with van der Waals surface area (Å²) in [4.78, 5) is 27.4. The molecule has 0 bridgehead atoms. The van der Waals surface area contributed by atoms with Gasteiger partial charge in [-0.05, 0) is 31.2 Å². The van der Waals surface area contributed by atoms with Crippen LogP contribution in [0.1, 0.15) is 17.3 Å². The van der Waals surface area contributed by atoms with Crippen molar-refractivity contribution in [3.8, 4) is 11.3 Å². The van der Waals surface area contributed by atoms with Crippen LogP contribution in [0.5, 0.6) is 0 Å². The van der Waals surface area contributed by atoms with Crippen LogP contribution >= 0.6 is 11.3 Å². The van der Waals surface area contributed by atoms with Gasteiger partial charge >= 0.3 is 0 Å². The number of hydrogen-bond acceptors (Lipinski definition) is 5. The van der Waals surface area contributed by atoms with Crippen molar-refractivity contribution in [3.63, 3.8) is 0 Å². The van der Waals surface area contributed by atoms with Crippen molar-refractivity contribution in [3.05, 3.63) is 87.0 Å². The lowest BCUT2D eigenvalue weighted by Crippen LogP contribution is -2.14. The minimum Gasteiger partial charge on any atom is -0.313 e. The predicted octanol–water partition coefficient (Wildman–Crippen LogP) is 4.75. The number of thiazole rings is 1. The number of ketones is 1. The zero-order valence-electron chi connectivity index (χ0n) is 14.7. The molecule has 0 saturated carbocycles. The summed E-state index contributed by atoms with van der Waals surface area (Å²) in [6, 6.07) is 13.6. The van der Waals surface area contributed by atoms with Crippen LogP contribution in [0, 0.1) is 10.1 Å². The number of aromatic nitrogens is 1. The maximum Gasteiger partial charge on any atom is 0.270 e. The Kier molecular flexibility index (Phi) is 5.42. The highest BCUT2D eigenvalue weighted by molar-refractivity contribution is 7.07. The van der Waals surface area contributed by atoms with Gasteiger partial charge in [-0.2, -0.15) is 0 Å². The first-order chi connectivity index (χ1) is 13.0. The van der Waals surface area contributed by atoms with Crippen molar-refractivity contribution >= 4 is 28.5 Å². The van der Waals surface area contributed by atoms with Crippen LogP contribution in [0.4, 0.5) is 11.4 Å². The second kappa shape index (κ2) is 7.92. The highest BCUT2D eigenvalue weighted by atomic mass is 32.1. The lowest BCUT2D eigenvalue weighted by Gasteiger charge is -2.06. The van der Waals surface area contributed by atoms with Crippen LogP contribution in [-0.4, -0.2) is 15.3 Å². The van der Waals surface area contributed by atoms with Crippen LogP contribution in [0.15, 0.2) is 71.6 Å². The average molecular weight is 379 g/mol. The summed E-state index contributed by atoms with van der Waals surface area (Å²) >= 11 is 1.44. The summed E-state index contributed by atoms with van der Waals surface area (Å²) in [5.41, 5.74) is 2.99. The van der Waals surface area contributed by atoms with Crippen LogP contribution in [0.25, 0.3) is 11.3 Å². The number of nitro benzene ring substituents is 1. The molecule has 0 fully saturated rings. The Hall–Kier alpha value is -3.32. The van der Waals surface area contributed by atoms with E-state index in [1.165, 1.54) is 24.3 Å². The second-order valence-corrected chi connectivity index (χ2v) is 6.66. The highest BCUT2D eigenvalue weighted by Gasteiger charge is 2.11. The van der Waals surface area contributed by atoms with Crippen LogP contribution in [-0.2, 0) is 6.54 Å². The number of benzene rings is 2. The Bertz CT molecular complexity index is 1080. The molecular formula is C20H17N3O3S. The number of allylic oxidation sites excluding steroid dienone is 1. The third-order valence-electron chi connectivity index (χ3n) is 3.96. The summed E-state index contributed by atoms with van der Waals surface area (Å²) in [6.07, 6.45) is 1.76. The van der Waals surface area contributed by atoms with Crippen molar-refractivity contribution < 1.29 is 9.72 Å². The van der Waals surface area contributed by atoms with Gasteiger partial charge in [0.05, 0.1) is 16.3 Å². The molecule has 136 valence electrons. The van der Waals surface area contributed by atoms with Crippen molar-refractivity contribution in [2.75, 3.05) is 0 Å². The molecular weight excluding hydrogens is 362 g/mol. The van der Waals surface area contributed by atoms with E-state index in [4.69, 9.17) is 0 Å². The highest BCUT2D eigenvalue weighted by Crippen LogP contribution is 2.25. The fraction of sp³-hybridized carbons (Fsp3) is 0.100. The van der Waals surface area contributed by atoms with Gasteiger partial charge in [-0.1, -0.05) is 18.2 Å². The smallest absolute Gasteiger partial charge is 0.270 e. The van der Waals surface area contributed by atoms with E-state index in [0.29, 0.717) is 12.1 Å². The van der Waals surface area contributed by atoms with Gasteiger partial charge in [0.15, 0.2) is 10.6 Å². The zero-order chi connectivity index (χ0) is 19.4. The van der Waals surface area contributed by atoms with Gasteiger partial charge < -0.3 is 4.57 Å². The first-order valence-electron chi connectivity index (χ1n) is 8.19. The molecule has 0 amide bonds. The van der Waals surface area contributed by atoms with Gasteiger partial charge in [-0.3, -0.25) is 14.9 Å². The van der Waals surface area contributed by atoms with E-state index >= 15 is 0 Å². The topological polar surface area (TPSA) is 77.5 Å². The molecule has 0 spiro atoms. The van der Waals surface area contributed by atoms with E-state index in [0.717, 1.165) is 21.7 Å². The Morgan fingerprint density at radius 2 is 2.04 bits per heavy atom. The second-order valence-electron chi connectivity index (χ2n) is 5.83. The minimum absolute atomic E-state index is 0.00681. The third-order valence-corrected chi connectivity index (χ3v) is 4.82. The molecule has 0 saturated heterocycles. The molecule has 1 aromatic heterocycles. The molecule has 0 aliphatic carbocycles. The van der Waals surface area contributed by atoms with Gasteiger partial charge in [-0.25, -0.2) is 4.99 Å². The van der Waals surface area contributed by atoms with Crippen molar-refractivity contribution in [2.45, 2.75) is 13.5 Å². The normalized spacial score (nSPS) is 11.4.